The number of aromatic amines is 1. The Morgan fingerprint density at radius 2 is 2.00 bits per heavy atom. The van der Waals surface area contributed by atoms with E-state index in [0.29, 0.717) is 17.3 Å². The number of carbonyl (C=O) groups excluding carboxylic acids is 1. The number of aromatic nitrogens is 1. The molecule has 2 N–H and O–H groups in total. The number of benzene rings is 2. The van der Waals surface area contributed by atoms with Crippen molar-refractivity contribution < 1.29 is 9.18 Å². The van der Waals surface area contributed by atoms with Crippen LogP contribution in [0.15, 0.2) is 48.5 Å². The molecule has 2 heterocycles. The van der Waals surface area contributed by atoms with Crippen molar-refractivity contribution in [3.05, 3.63) is 65.6 Å². The molecular formula is C22H24FN3O. The molecule has 1 fully saturated rings. The van der Waals surface area contributed by atoms with Crippen molar-refractivity contribution in [1.29, 1.82) is 0 Å². The van der Waals surface area contributed by atoms with Crippen LogP contribution in [0.1, 0.15) is 41.7 Å². The lowest BCUT2D eigenvalue weighted by Gasteiger charge is -2.20. The number of H-pyrrole nitrogens is 1. The molecule has 0 spiro atoms. The Labute approximate surface area is 158 Å². The number of fused-ring (bicyclic) bond motifs is 1. The molecule has 0 aliphatic carbocycles. The van der Waals surface area contributed by atoms with Crippen molar-refractivity contribution >= 4 is 22.5 Å². The second-order valence-electron chi connectivity index (χ2n) is 7.40. The number of nitrogens with zero attached hydrogens (tertiary/aromatic N) is 1. The minimum Gasteiger partial charge on any atom is -0.351 e. The lowest BCUT2D eigenvalue weighted by molar-refractivity contribution is 0.102. The summed E-state index contributed by atoms with van der Waals surface area (Å²) in [7, 11) is 0. The minimum absolute atomic E-state index is 0.275. The SMILES string of the molecule is CC(CN1CCCC1)c1ccc2[nH]c(C(=O)Nc3cccc(F)c3)cc2c1. The van der Waals surface area contributed by atoms with Crippen molar-refractivity contribution in [2.24, 2.45) is 0 Å². The topological polar surface area (TPSA) is 48.1 Å². The van der Waals surface area contributed by atoms with Crippen LogP contribution in [0.3, 0.4) is 0 Å². The fourth-order valence-corrected chi connectivity index (χ4v) is 3.80. The van der Waals surface area contributed by atoms with Crippen molar-refractivity contribution in [3.63, 3.8) is 0 Å². The number of hydrogen-bond acceptors (Lipinski definition) is 2. The van der Waals surface area contributed by atoms with E-state index in [4.69, 9.17) is 0 Å². The summed E-state index contributed by atoms with van der Waals surface area (Å²) in [5, 5.41) is 3.75. The summed E-state index contributed by atoms with van der Waals surface area (Å²) >= 11 is 0. The minimum atomic E-state index is -0.374. The van der Waals surface area contributed by atoms with E-state index in [-0.39, 0.29) is 11.7 Å². The summed E-state index contributed by atoms with van der Waals surface area (Å²) < 4.78 is 13.3. The zero-order valence-electron chi connectivity index (χ0n) is 15.5. The van der Waals surface area contributed by atoms with Crippen LogP contribution < -0.4 is 5.32 Å². The quantitative estimate of drug-likeness (QED) is 0.685. The van der Waals surface area contributed by atoms with Gasteiger partial charge in [0.05, 0.1) is 0 Å². The molecule has 1 amide bonds. The van der Waals surface area contributed by atoms with Crippen molar-refractivity contribution in [2.45, 2.75) is 25.7 Å². The maximum absolute atomic E-state index is 13.3. The Bertz CT molecular complexity index is 959. The van der Waals surface area contributed by atoms with Gasteiger partial charge in [0.2, 0.25) is 0 Å². The normalized spacial score (nSPS) is 15.9. The van der Waals surface area contributed by atoms with Gasteiger partial charge in [-0.3, -0.25) is 4.79 Å². The van der Waals surface area contributed by atoms with Crippen LogP contribution in [0.4, 0.5) is 10.1 Å². The number of halogens is 1. The average molecular weight is 365 g/mol. The molecule has 0 saturated carbocycles. The fraction of sp³-hybridized carbons (Fsp3) is 0.318. The Morgan fingerprint density at radius 3 is 2.78 bits per heavy atom. The molecule has 4 rings (SSSR count). The molecule has 4 nitrogen and oxygen atoms in total. The molecule has 0 radical (unpaired) electrons. The number of amides is 1. The first-order valence-corrected chi connectivity index (χ1v) is 9.50. The van der Waals surface area contributed by atoms with Crippen molar-refractivity contribution in [2.75, 3.05) is 25.0 Å². The van der Waals surface area contributed by atoms with Crippen molar-refractivity contribution in [1.82, 2.24) is 9.88 Å². The summed E-state index contributed by atoms with van der Waals surface area (Å²) in [6, 6.07) is 14.1. The summed E-state index contributed by atoms with van der Waals surface area (Å²) in [4.78, 5) is 18.1. The number of carbonyl (C=O) groups is 1. The van der Waals surface area contributed by atoms with Crippen LogP contribution in [0, 0.1) is 5.82 Å². The molecule has 1 atom stereocenters. The second-order valence-corrected chi connectivity index (χ2v) is 7.40. The highest BCUT2D eigenvalue weighted by Crippen LogP contribution is 2.24. The third kappa shape index (κ3) is 4.03. The molecule has 1 unspecified atom stereocenters. The predicted molar refractivity (Wildman–Crippen MR) is 107 cm³/mol. The maximum atomic E-state index is 13.3. The van der Waals surface area contributed by atoms with Gasteiger partial charge >= 0.3 is 0 Å². The monoisotopic (exact) mass is 365 g/mol. The van der Waals surface area contributed by atoms with Crippen LogP contribution in [-0.4, -0.2) is 35.4 Å². The molecule has 140 valence electrons. The molecule has 1 aliphatic heterocycles. The van der Waals surface area contributed by atoms with Gasteiger partial charge in [-0.05, 0) is 73.8 Å². The third-order valence-electron chi connectivity index (χ3n) is 5.27. The maximum Gasteiger partial charge on any atom is 0.272 e. The molecule has 3 aromatic rings. The highest BCUT2D eigenvalue weighted by molar-refractivity contribution is 6.05. The van der Waals surface area contributed by atoms with Gasteiger partial charge < -0.3 is 15.2 Å². The van der Waals surface area contributed by atoms with Crippen molar-refractivity contribution in [3.8, 4) is 0 Å². The molecule has 0 bridgehead atoms. The Kier molecular flexibility index (Phi) is 4.94. The average Bonchev–Trinajstić information content (AvgIpc) is 3.30. The zero-order valence-corrected chi connectivity index (χ0v) is 15.5. The van der Waals surface area contributed by atoms with Gasteiger partial charge in [0, 0.05) is 23.1 Å². The van der Waals surface area contributed by atoms with E-state index in [1.54, 1.807) is 12.1 Å². The predicted octanol–water partition coefficient (Wildman–Crippen LogP) is 4.76. The first-order chi connectivity index (χ1) is 13.1. The number of rotatable bonds is 5. The number of hydrogen-bond donors (Lipinski definition) is 2. The molecular weight excluding hydrogens is 341 g/mol. The van der Waals surface area contributed by atoms with Gasteiger partial charge in [-0.25, -0.2) is 4.39 Å². The molecule has 1 saturated heterocycles. The van der Waals surface area contributed by atoms with E-state index in [1.807, 2.05) is 12.1 Å². The molecule has 27 heavy (non-hydrogen) atoms. The van der Waals surface area contributed by atoms with Gasteiger partial charge in [-0.2, -0.15) is 0 Å². The van der Waals surface area contributed by atoms with Gasteiger partial charge in [0.15, 0.2) is 0 Å². The van der Waals surface area contributed by atoms with Gasteiger partial charge in [0.25, 0.3) is 5.91 Å². The second kappa shape index (κ2) is 7.53. The van der Waals surface area contributed by atoms with Crippen LogP contribution in [-0.2, 0) is 0 Å². The van der Waals surface area contributed by atoms with Crippen LogP contribution in [0.5, 0.6) is 0 Å². The van der Waals surface area contributed by atoms with Gasteiger partial charge in [0.1, 0.15) is 11.5 Å². The third-order valence-corrected chi connectivity index (χ3v) is 5.27. The summed E-state index contributed by atoms with van der Waals surface area (Å²) in [5.74, 6) is -0.198. The molecule has 1 aliphatic rings. The first kappa shape index (κ1) is 17.7. The van der Waals surface area contributed by atoms with E-state index in [0.717, 1.165) is 17.4 Å². The van der Waals surface area contributed by atoms with E-state index in [9.17, 15) is 9.18 Å². The van der Waals surface area contributed by atoms with E-state index in [2.05, 4.69) is 34.3 Å². The molecule has 1 aromatic heterocycles. The highest BCUT2D eigenvalue weighted by atomic mass is 19.1. The number of likely N-dealkylation sites (tertiary alicyclic amines) is 1. The highest BCUT2D eigenvalue weighted by Gasteiger charge is 2.17. The molecule has 2 aromatic carbocycles. The summed E-state index contributed by atoms with van der Waals surface area (Å²) in [6.07, 6.45) is 2.60. The van der Waals surface area contributed by atoms with Crippen LogP contribution in [0.25, 0.3) is 10.9 Å². The first-order valence-electron chi connectivity index (χ1n) is 9.50. The summed E-state index contributed by atoms with van der Waals surface area (Å²) in [5.41, 5.74) is 3.12. The van der Waals surface area contributed by atoms with Crippen LogP contribution in [0.2, 0.25) is 0 Å². The van der Waals surface area contributed by atoms with E-state index >= 15 is 0 Å². The Morgan fingerprint density at radius 1 is 1.19 bits per heavy atom. The Hall–Kier alpha value is -2.66. The van der Waals surface area contributed by atoms with Gasteiger partial charge in [-0.15, -0.1) is 0 Å². The van der Waals surface area contributed by atoms with E-state index < -0.39 is 0 Å². The smallest absolute Gasteiger partial charge is 0.272 e. The standard InChI is InChI=1S/C22H24FN3O/c1-15(14-26-9-2-3-10-26)16-7-8-20-17(11-16)12-21(25-20)22(27)24-19-6-4-5-18(23)13-19/h4-8,11-13,15,25H,2-3,9-10,14H2,1H3,(H,24,27). The summed E-state index contributed by atoms with van der Waals surface area (Å²) in [6.45, 7) is 5.72. The lowest BCUT2D eigenvalue weighted by atomic mass is 9.99. The number of nitrogens with one attached hydrogen (secondary N) is 2. The van der Waals surface area contributed by atoms with Gasteiger partial charge in [-0.1, -0.05) is 19.1 Å². The fourth-order valence-electron chi connectivity index (χ4n) is 3.80. The Balaban J connectivity index is 1.50. The van der Waals surface area contributed by atoms with E-state index in [1.165, 1.54) is 43.6 Å². The molecule has 5 heteroatoms. The number of anilines is 1. The van der Waals surface area contributed by atoms with Crippen LogP contribution >= 0.6 is 0 Å². The largest absolute Gasteiger partial charge is 0.351 e. The lowest BCUT2D eigenvalue weighted by Crippen LogP contribution is -2.24. The zero-order chi connectivity index (χ0) is 18.8.